The molecule has 7 heteroatoms. The first-order valence-electron chi connectivity index (χ1n) is 6.14. The van der Waals surface area contributed by atoms with Crippen molar-refractivity contribution in [2.75, 3.05) is 32.7 Å². The molecule has 1 aromatic rings. The molecule has 0 radical (unpaired) electrons. The first-order valence-corrected chi connectivity index (χ1v) is 6.14. The van der Waals surface area contributed by atoms with Gasteiger partial charge in [0.2, 0.25) is 0 Å². The highest BCUT2D eigenvalue weighted by atomic mass is 16.4. The van der Waals surface area contributed by atoms with Crippen molar-refractivity contribution in [1.29, 1.82) is 0 Å². The summed E-state index contributed by atoms with van der Waals surface area (Å²) in [6.45, 7) is 4.88. The normalized spacial score (nSPS) is 17.7. The number of aryl methyl sites for hydroxylation is 1. The van der Waals surface area contributed by atoms with Gasteiger partial charge in [-0.05, 0) is 13.0 Å². The van der Waals surface area contributed by atoms with Crippen molar-refractivity contribution in [3.8, 4) is 0 Å². The number of amidine groups is 1. The molecule has 0 unspecified atom stereocenters. The monoisotopic (exact) mass is 266 g/mol. The zero-order chi connectivity index (χ0) is 13.8. The second kappa shape index (κ2) is 5.75. The van der Waals surface area contributed by atoms with Gasteiger partial charge in [-0.1, -0.05) is 5.16 Å². The molecule has 0 bridgehead atoms. The van der Waals surface area contributed by atoms with Crippen LogP contribution in [0, 0.1) is 6.92 Å². The van der Waals surface area contributed by atoms with Crippen LogP contribution in [0.4, 0.5) is 0 Å². The molecule has 0 aliphatic carbocycles. The van der Waals surface area contributed by atoms with Crippen molar-refractivity contribution < 1.29 is 14.4 Å². The number of carbonyl (C=O) groups excluding carboxylic acids is 1. The van der Waals surface area contributed by atoms with E-state index in [1.165, 1.54) is 6.26 Å². The fourth-order valence-corrected chi connectivity index (χ4v) is 2.11. The molecule has 3 N–H and O–H groups in total. The van der Waals surface area contributed by atoms with E-state index in [4.69, 9.17) is 15.4 Å². The number of amides is 1. The van der Waals surface area contributed by atoms with Gasteiger partial charge in [-0.2, -0.15) is 0 Å². The standard InChI is InChI=1S/C12H18N4O3/c1-9-2-7-19-11(9)12(17)16-5-3-15(4-6-16)8-10(13)14-18/h2,7,18H,3-6,8H2,1H3,(H2,13,14). The minimum atomic E-state index is -0.0778. The molecule has 1 amide bonds. The van der Waals surface area contributed by atoms with Crippen molar-refractivity contribution in [3.63, 3.8) is 0 Å². The molecule has 0 saturated carbocycles. The molecule has 2 rings (SSSR count). The molecule has 0 aromatic carbocycles. The summed E-state index contributed by atoms with van der Waals surface area (Å²) >= 11 is 0. The Morgan fingerprint density at radius 2 is 2.16 bits per heavy atom. The van der Waals surface area contributed by atoms with Crippen LogP contribution in [0.1, 0.15) is 16.1 Å². The Labute approximate surface area is 111 Å². The zero-order valence-electron chi connectivity index (χ0n) is 10.9. The summed E-state index contributed by atoms with van der Waals surface area (Å²) in [6.07, 6.45) is 1.53. The van der Waals surface area contributed by atoms with Crippen LogP contribution in [0.3, 0.4) is 0 Å². The van der Waals surface area contributed by atoms with E-state index in [1.54, 1.807) is 11.0 Å². The van der Waals surface area contributed by atoms with Crippen LogP contribution in [0.5, 0.6) is 0 Å². The van der Waals surface area contributed by atoms with Crippen molar-refractivity contribution in [3.05, 3.63) is 23.7 Å². The number of oxime groups is 1. The molecule has 0 spiro atoms. The van der Waals surface area contributed by atoms with Gasteiger partial charge in [0.05, 0.1) is 12.8 Å². The first-order chi connectivity index (χ1) is 9.11. The van der Waals surface area contributed by atoms with Gasteiger partial charge in [0.25, 0.3) is 5.91 Å². The minimum Gasteiger partial charge on any atom is -0.459 e. The summed E-state index contributed by atoms with van der Waals surface area (Å²) in [4.78, 5) is 16.0. The van der Waals surface area contributed by atoms with Crippen LogP contribution in [-0.4, -0.2) is 59.5 Å². The van der Waals surface area contributed by atoms with E-state index in [0.29, 0.717) is 38.5 Å². The van der Waals surface area contributed by atoms with Crippen molar-refractivity contribution in [2.45, 2.75) is 6.92 Å². The Bertz CT molecular complexity index is 475. The third-order valence-corrected chi connectivity index (χ3v) is 3.23. The maximum Gasteiger partial charge on any atom is 0.289 e. The van der Waals surface area contributed by atoms with E-state index in [9.17, 15) is 4.79 Å². The largest absolute Gasteiger partial charge is 0.459 e. The summed E-state index contributed by atoms with van der Waals surface area (Å²) in [5.74, 6) is 0.512. The highest BCUT2D eigenvalue weighted by Gasteiger charge is 2.25. The highest BCUT2D eigenvalue weighted by Crippen LogP contribution is 2.13. The number of rotatable bonds is 3. The Morgan fingerprint density at radius 3 is 2.68 bits per heavy atom. The van der Waals surface area contributed by atoms with Crippen LogP contribution < -0.4 is 5.73 Å². The van der Waals surface area contributed by atoms with Gasteiger partial charge in [-0.15, -0.1) is 0 Å². The van der Waals surface area contributed by atoms with Gasteiger partial charge in [0.15, 0.2) is 11.6 Å². The predicted octanol–water partition coefficient (Wildman–Crippen LogP) is 0.0922. The first kappa shape index (κ1) is 13.4. The maximum absolute atomic E-state index is 12.2. The van der Waals surface area contributed by atoms with Crippen LogP contribution in [0.15, 0.2) is 21.9 Å². The molecule has 1 aliphatic rings. The number of nitrogens with zero attached hydrogens (tertiary/aromatic N) is 3. The fraction of sp³-hybridized carbons (Fsp3) is 0.500. The molecular weight excluding hydrogens is 248 g/mol. The molecular formula is C12H18N4O3. The lowest BCUT2D eigenvalue weighted by Gasteiger charge is -2.33. The number of nitrogens with two attached hydrogens (primary N) is 1. The number of furan rings is 1. The van der Waals surface area contributed by atoms with Gasteiger partial charge in [0, 0.05) is 31.7 Å². The average molecular weight is 266 g/mol. The molecule has 1 aliphatic heterocycles. The fourth-order valence-electron chi connectivity index (χ4n) is 2.11. The molecule has 19 heavy (non-hydrogen) atoms. The lowest BCUT2D eigenvalue weighted by atomic mass is 10.2. The number of hydrogen-bond donors (Lipinski definition) is 2. The second-order valence-corrected chi connectivity index (χ2v) is 4.59. The van der Waals surface area contributed by atoms with E-state index < -0.39 is 0 Å². The van der Waals surface area contributed by atoms with Gasteiger partial charge in [-0.3, -0.25) is 9.69 Å². The van der Waals surface area contributed by atoms with E-state index in [1.807, 2.05) is 11.8 Å². The Morgan fingerprint density at radius 1 is 1.47 bits per heavy atom. The molecule has 1 aromatic heterocycles. The van der Waals surface area contributed by atoms with E-state index in [-0.39, 0.29) is 11.7 Å². The topological polar surface area (TPSA) is 95.3 Å². The van der Waals surface area contributed by atoms with Crippen LogP contribution >= 0.6 is 0 Å². The van der Waals surface area contributed by atoms with E-state index in [0.717, 1.165) is 5.56 Å². The molecule has 2 heterocycles. The minimum absolute atomic E-state index is 0.0778. The van der Waals surface area contributed by atoms with Crippen LogP contribution in [0.25, 0.3) is 0 Å². The molecule has 1 saturated heterocycles. The molecule has 104 valence electrons. The lowest BCUT2D eigenvalue weighted by Crippen LogP contribution is -2.50. The summed E-state index contributed by atoms with van der Waals surface area (Å²) in [5, 5.41) is 11.5. The number of hydrogen-bond acceptors (Lipinski definition) is 5. The van der Waals surface area contributed by atoms with Crippen LogP contribution in [-0.2, 0) is 0 Å². The zero-order valence-corrected chi connectivity index (χ0v) is 10.9. The molecule has 7 nitrogen and oxygen atoms in total. The van der Waals surface area contributed by atoms with Gasteiger partial charge in [0.1, 0.15) is 0 Å². The number of carbonyl (C=O) groups is 1. The maximum atomic E-state index is 12.2. The SMILES string of the molecule is Cc1ccoc1C(=O)N1CCN(CC(N)=NO)CC1. The average Bonchev–Trinajstić information content (AvgIpc) is 2.85. The Kier molecular flexibility index (Phi) is 4.06. The quantitative estimate of drug-likeness (QED) is 0.350. The van der Waals surface area contributed by atoms with E-state index >= 15 is 0 Å². The van der Waals surface area contributed by atoms with Crippen molar-refractivity contribution in [1.82, 2.24) is 9.80 Å². The summed E-state index contributed by atoms with van der Waals surface area (Å²) in [6, 6.07) is 1.78. The third-order valence-electron chi connectivity index (χ3n) is 3.23. The van der Waals surface area contributed by atoms with E-state index in [2.05, 4.69) is 5.16 Å². The molecule has 0 atom stereocenters. The van der Waals surface area contributed by atoms with Gasteiger partial charge < -0.3 is 20.3 Å². The third kappa shape index (κ3) is 3.05. The van der Waals surface area contributed by atoms with Gasteiger partial charge >= 0.3 is 0 Å². The van der Waals surface area contributed by atoms with Crippen molar-refractivity contribution in [2.24, 2.45) is 10.9 Å². The number of piperazine rings is 1. The summed E-state index contributed by atoms with van der Waals surface area (Å²) in [5.41, 5.74) is 6.31. The lowest BCUT2D eigenvalue weighted by molar-refractivity contribution is 0.0621. The van der Waals surface area contributed by atoms with Crippen LogP contribution in [0.2, 0.25) is 0 Å². The Hall–Kier alpha value is -2.02. The Balaban J connectivity index is 1.90. The predicted molar refractivity (Wildman–Crippen MR) is 69.2 cm³/mol. The highest BCUT2D eigenvalue weighted by molar-refractivity contribution is 5.93. The second-order valence-electron chi connectivity index (χ2n) is 4.59. The smallest absolute Gasteiger partial charge is 0.289 e. The summed E-state index contributed by atoms with van der Waals surface area (Å²) in [7, 11) is 0. The van der Waals surface area contributed by atoms with Crippen molar-refractivity contribution >= 4 is 11.7 Å². The molecule has 1 fully saturated rings. The summed E-state index contributed by atoms with van der Waals surface area (Å²) < 4.78 is 5.21. The van der Waals surface area contributed by atoms with Gasteiger partial charge in [-0.25, -0.2) is 0 Å².